The molecule has 9 heteroatoms. The zero-order valence-electron chi connectivity index (χ0n) is 15.5. The molecule has 1 saturated carbocycles. The summed E-state index contributed by atoms with van der Waals surface area (Å²) in [5, 5.41) is 5.62. The molecule has 1 heterocycles. The number of halogens is 4. The summed E-state index contributed by atoms with van der Waals surface area (Å²) in [6, 6.07) is 4.14. The molecule has 2 aliphatic rings. The van der Waals surface area contributed by atoms with Gasteiger partial charge in [-0.05, 0) is 43.4 Å². The molecule has 0 spiro atoms. The number of hydrogen-bond acceptors (Lipinski definition) is 2. The van der Waals surface area contributed by atoms with Gasteiger partial charge in [-0.25, -0.2) is 4.79 Å². The number of amides is 3. The van der Waals surface area contributed by atoms with Crippen molar-refractivity contribution in [3.8, 4) is 0 Å². The molecule has 1 unspecified atom stereocenters. The molecule has 28 heavy (non-hydrogen) atoms. The van der Waals surface area contributed by atoms with E-state index in [4.69, 9.17) is 11.6 Å². The van der Waals surface area contributed by atoms with Crippen LogP contribution in [-0.4, -0.2) is 42.1 Å². The molecule has 1 aliphatic heterocycles. The molecule has 0 aromatic heterocycles. The summed E-state index contributed by atoms with van der Waals surface area (Å²) >= 11 is 5.96. The van der Waals surface area contributed by atoms with E-state index in [2.05, 4.69) is 10.6 Å². The van der Waals surface area contributed by atoms with Crippen molar-refractivity contribution >= 4 is 23.5 Å². The first-order valence-electron chi connectivity index (χ1n) is 9.27. The standard InChI is InChI=1S/C19H23ClF3N3O2/c1-12(27)26-9-5-15(6-10-26)24-17(28)25-16(13-3-2-4-14(20)11-13)18(7-8-18)19(21,22)23/h2-4,11,15-16H,5-10H2,1H3,(H2,24,25,28). The van der Waals surface area contributed by atoms with E-state index in [1.54, 1.807) is 23.1 Å². The summed E-state index contributed by atoms with van der Waals surface area (Å²) in [4.78, 5) is 25.6. The van der Waals surface area contributed by atoms with E-state index >= 15 is 0 Å². The number of urea groups is 1. The molecule has 154 valence electrons. The first kappa shape index (κ1) is 20.8. The highest BCUT2D eigenvalue weighted by Crippen LogP contribution is 2.64. The predicted octanol–water partition coefficient (Wildman–Crippen LogP) is 4.03. The lowest BCUT2D eigenvalue weighted by Crippen LogP contribution is -2.51. The van der Waals surface area contributed by atoms with E-state index in [1.807, 2.05) is 0 Å². The van der Waals surface area contributed by atoms with E-state index in [-0.39, 0.29) is 24.8 Å². The van der Waals surface area contributed by atoms with Crippen LogP contribution in [0, 0.1) is 5.41 Å². The number of piperidine rings is 1. The molecule has 3 amide bonds. The molecule has 2 N–H and O–H groups in total. The summed E-state index contributed by atoms with van der Waals surface area (Å²) in [5.41, 5.74) is -1.63. The summed E-state index contributed by atoms with van der Waals surface area (Å²) in [5.74, 6) is -0.0234. The first-order valence-corrected chi connectivity index (χ1v) is 9.65. The minimum atomic E-state index is -4.43. The topological polar surface area (TPSA) is 61.4 Å². The van der Waals surface area contributed by atoms with Crippen LogP contribution in [0.15, 0.2) is 24.3 Å². The number of nitrogens with one attached hydrogen (secondary N) is 2. The normalized spacial score (nSPS) is 20.4. The van der Waals surface area contributed by atoms with Crippen LogP contribution >= 0.6 is 11.6 Å². The maximum atomic E-state index is 13.7. The fourth-order valence-electron chi connectivity index (χ4n) is 3.79. The summed E-state index contributed by atoms with van der Waals surface area (Å²) in [6.07, 6.45) is -3.37. The number of alkyl halides is 3. The van der Waals surface area contributed by atoms with Crippen molar-refractivity contribution in [2.24, 2.45) is 5.41 Å². The number of nitrogens with zero attached hydrogens (tertiary/aromatic N) is 1. The van der Waals surface area contributed by atoms with E-state index in [1.165, 1.54) is 13.0 Å². The highest BCUT2D eigenvalue weighted by molar-refractivity contribution is 6.30. The second-order valence-corrected chi connectivity index (χ2v) is 7.98. The zero-order chi connectivity index (χ0) is 20.5. The first-order chi connectivity index (χ1) is 13.1. The predicted molar refractivity (Wildman–Crippen MR) is 98.9 cm³/mol. The van der Waals surface area contributed by atoms with Crippen LogP contribution in [0.1, 0.15) is 44.2 Å². The van der Waals surface area contributed by atoms with Gasteiger partial charge in [-0.15, -0.1) is 0 Å². The van der Waals surface area contributed by atoms with Gasteiger partial charge in [-0.1, -0.05) is 23.7 Å². The molecule has 1 aromatic rings. The van der Waals surface area contributed by atoms with Crippen LogP contribution < -0.4 is 10.6 Å². The van der Waals surface area contributed by atoms with Gasteiger partial charge in [0.25, 0.3) is 0 Å². The highest BCUT2D eigenvalue weighted by atomic mass is 35.5. The van der Waals surface area contributed by atoms with Crippen molar-refractivity contribution in [2.75, 3.05) is 13.1 Å². The van der Waals surface area contributed by atoms with E-state index in [9.17, 15) is 22.8 Å². The van der Waals surface area contributed by atoms with Gasteiger partial charge < -0.3 is 15.5 Å². The monoisotopic (exact) mass is 417 g/mol. The summed E-state index contributed by atoms with van der Waals surface area (Å²) in [7, 11) is 0. The van der Waals surface area contributed by atoms with Crippen LogP contribution in [0.4, 0.5) is 18.0 Å². The second-order valence-electron chi connectivity index (χ2n) is 7.54. The third kappa shape index (κ3) is 4.37. The van der Waals surface area contributed by atoms with Crippen LogP contribution in [0.3, 0.4) is 0 Å². The van der Waals surface area contributed by atoms with Crippen molar-refractivity contribution in [1.29, 1.82) is 0 Å². The maximum Gasteiger partial charge on any atom is 0.396 e. The van der Waals surface area contributed by atoms with Crippen molar-refractivity contribution in [3.63, 3.8) is 0 Å². The zero-order valence-corrected chi connectivity index (χ0v) is 16.2. The van der Waals surface area contributed by atoms with Gasteiger partial charge in [-0.2, -0.15) is 13.2 Å². The molecule has 1 aliphatic carbocycles. The third-order valence-electron chi connectivity index (χ3n) is 5.64. The Morgan fingerprint density at radius 3 is 2.39 bits per heavy atom. The lowest BCUT2D eigenvalue weighted by molar-refractivity contribution is -0.195. The molecule has 1 saturated heterocycles. The Hall–Kier alpha value is -1.96. The number of likely N-dealkylation sites (tertiary alicyclic amines) is 1. The molecule has 2 fully saturated rings. The fraction of sp³-hybridized carbons (Fsp3) is 0.579. The Bertz CT molecular complexity index is 744. The van der Waals surface area contributed by atoms with Crippen LogP contribution in [0.2, 0.25) is 5.02 Å². The molecule has 3 rings (SSSR count). The molecule has 0 bridgehead atoms. The van der Waals surface area contributed by atoms with Gasteiger partial charge in [-0.3, -0.25) is 4.79 Å². The minimum Gasteiger partial charge on any atom is -0.343 e. The maximum absolute atomic E-state index is 13.7. The minimum absolute atomic E-state index is 0.0234. The molecule has 0 radical (unpaired) electrons. The summed E-state index contributed by atoms with van der Waals surface area (Å²) in [6.45, 7) is 2.53. The number of benzene rings is 1. The second kappa shape index (κ2) is 7.81. The highest BCUT2D eigenvalue weighted by Gasteiger charge is 2.68. The van der Waals surface area contributed by atoms with Gasteiger partial charge >= 0.3 is 12.2 Å². The number of carbonyl (C=O) groups excluding carboxylic acids is 2. The smallest absolute Gasteiger partial charge is 0.343 e. The van der Waals surface area contributed by atoms with Crippen molar-refractivity contribution in [3.05, 3.63) is 34.9 Å². The molecule has 1 atom stereocenters. The Morgan fingerprint density at radius 1 is 1.25 bits per heavy atom. The van der Waals surface area contributed by atoms with Crippen LogP contribution in [0.25, 0.3) is 0 Å². The SMILES string of the molecule is CC(=O)N1CCC(NC(=O)NC(c2cccc(Cl)c2)C2(C(F)(F)F)CC2)CC1. The Kier molecular flexibility index (Phi) is 5.79. The van der Waals surface area contributed by atoms with E-state index < -0.39 is 23.7 Å². The Morgan fingerprint density at radius 2 is 1.89 bits per heavy atom. The average Bonchev–Trinajstić information content (AvgIpc) is 3.42. The van der Waals surface area contributed by atoms with E-state index in [0.717, 1.165) is 0 Å². The summed E-state index contributed by atoms with van der Waals surface area (Å²) < 4.78 is 41.2. The molecular weight excluding hydrogens is 395 g/mol. The average molecular weight is 418 g/mol. The Labute approximate surface area is 166 Å². The quantitative estimate of drug-likeness (QED) is 0.776. The van der Waals surface area contributed by atoms with Gasteiger partial charge in [0.15, 0.2) is 0 Å². The van der Waals surface area contributed by atoms with Crippen LogP contribution in [-0.2, 0) is 4.79 Å². The lowest BCUT2D eigenvalue weighted by Gasteiger charge is -2.34. The van der Waals surface area contributed by atoms with E-state index in [0.29, 0.717) is 36.5 Å². The largest absolute Gasteiger partial charge is 0.396 e. The molecule has 5 nitrogen and oxygen atoms in total. The fourth-order valence-corrected chi connectivity index (χ4v) is 3.99. The van der Waals surface area contributed by atoms with Gasteiger partial charge in [0.1, 0.15) is 0 Å². The lowest BCUT2D eigenvalue weighted by atomic mass is 9.89. The number of hydrogen-bond donors (Lipinski definition) is 2. The molecule has 1 aromatic carbocycles. The van der Waals surface area contributed by atoms with Crippen molar-refractivity contribution in [1.82, 2.24) is 15.5 Å². The van der Waals surface area contributed by atoms with Gasteiger partial charge in [0.05, 0.1) is 11.5 Å². The third-order valence-corrected chi connectivity index (χ3v) is 5.87. The van der Waals surface area contributed by atoms with Crippen molar-refractivity contribution in [2.45, 2.75) is 50.9 Å². The molecular formula is C19H23ClF3N3O2. The Balaban J connectivity index is 1.70. The van der Waals surface area contributed by atoms with Crippen LogP contribution in [0.5, 0.6) is 0 Å². The number of rotatable bonds is 4. The van der Waals surface area contributed by atoms with Gasteiger partial charge in [0.2, 0.25) is 5.91 Å². The number of carbonyl (C=O) groups is 2. The van der Waals surface area contributed by atoms with Gasteiger partial charge in [0, 0.05) is 31.1 Å². The van der Waals surface area contributed by atoms with Crippen molar-refractivity contribution < 1.29 is 22.8 Å².